The highest BCUT2D eigenvalue weighted by Crippen LogP contribution is 2.40. The van der Waals surface area contributed by atoms with Crippen molar-refractivity contribution in [2.45, 2.75) is 43.2 Å². The molecule has 1 saturated heterocycles. The number of aryl methyl sites for hydroxylation is 1. The molecule has 1 aromatic heterocycles. The number of rotatable bonds is 12. The van der Waals surface area contributed by atoms with Crippen LogP contribution < -0.4 is 15.4 Å². The van der Waals surface area contributed by atoms with Crippen LogP contribution in [-0.4, -0.2) is 43.2 Å². The lowest BCUT2D eigenvalue weighted by Crippen LogP contribution is -2.31. The summed E-state index contributed by atoms with van der Waals surface area (Å²) in [6.45, 7) is 0.334. The smallest absolute Gasteiger partial charge is 0.319 e. The third-order valence-corrected chi connectivity index (χ3v) is 9.70. The van der Waals surface area contributed by atoms with Gasteiger partial charge in [0.2, 0.25) is 5.16 Å². The molecule has 2 amide bonds. The molecule has 3 N–H and O–H groups in total. The van der Waals surface area contributed by atoms with E-state index in [0.717, 1.165) is 39.1 Å². The molecule has 1 aliphatic rings. The summed E-state index contributed by atoms with van der Waals surface area (Å²) in [4.78, 5) is 12.7. The molecule has 7 rings (SSSR count). The number of aliphatic hydroxyl groups excluding tert-OH is 1. The summed E-state index contributed by atoms with van der Waals surface area (Å²) < 4.78 is 20.6. The van der Waals surface area contributed by atoms with Crippen molar-refractivity contribution in [1.82, 2.24) is 25.5 Å². The van der Waals surface area contributed by atoms with Gasteiger partial charge in [0.05, 0.1) is 18.8 Å². The van der Waals surface area contributed by atoms with Crippen LogP contribution in [0.2, 0.25) is 0 Å². The van der Waals surface area contributed by atoms with Crippen molar-refractivity contribution >= 4 is 23.5 Å². The lowest BCUT2D eigenvalue weighted by Gasteiger charge is -2.36. The third kappa shape index (κ3) is 9.03. The van der Waals surface area contributed by atoms with Crippen LogP contribution in [0.1, 0.15) is 41.1 Å². The fourth-order valence-electron chi connectivity index (χ4n) is 5.85. The number of amides is 2. The number of aromatic nitrogens is 4. The first kappa shape index (κ1) is 34.9. The number of carbonyl (C=O) groups excluding carboxylic acids is 1. The fourth-order valence-corrected chi connectivity index (χ4v) is 6.72. The van der Waals surface area contributed by atoms with E-state index in [2.05, 4.69) is 44.4 Å². The van der Waals surface area contributed by atoms with E-state index in [9.17, 15) is 9.90 Å². The predicted molar refractivity (Wildman–Crippen MR) is 199 cm³/mol. The molecule has 1 fully saturated rings. The summed E-state index contributed by atoms with van der Waals surface area (Å²) in [5, 5.41) is 27.9. The maximum absolute atomic E-state index is 12.7. The van der Waals surface area contributed by atoms with Crippen molar-refractivity contribution in [3.8, 4) is 22.6 Å². The zero-order chi connectivity index (χ0) is 35.7. The van der Waals surface area contributed by atoms with E-state index in [1.807, 2.05) is 104 Å². The van der Waals surface area contributed by atoms with Gasteiger partial charge in [-0.05, 0) is 86.8 Å². The Morgan fingerprint density at radius 2 is 1.60 bits per heavy atom. The molecule has 0 saturated carbocycles. The summed E-state index contributed by atoms with van der Waals surface area (Å²) in [5.74, 6) is 2.08. The Morgan fingerprint density at radius 3 is 2.35 bits per heavy atom. The highest BCUT2D eigenvalue weighted by Gasteiger charge is 2.32. The van der Waals surface area contributed by atoms with Gasteiger partial charge in [-0.2, -0.15) is 0 Å². The van der Waals surface area contributed by atoms with Gasteiger partial charge in [0.25, 0.3) is 0 Å². The summed E-state index contributed by atoms with van der Waals surface area (Å²) in [7, 11) is 1.82. The average molecular weight is 715 g/mol. The van der Waals surface area contributed by atoms with E-state index in [4.69, 9.17) is 14.2 Å². The molecular formula is C40H38N6O5S. The molecule has 0 bridgehead atoms. The molecule has 11 nitrogen and oxygen atoms in total. The average Bonchev–Trinajstić information content (AvgIpc) is 3.61. The quantitative estimate of drug-likeness (QED) is 0.109. The number of nitrogens with one attached hydrogen (secondary N) is 2. The molecule has 12 heteroatoms. The number of nitrogens with zero attached hydrogens (tertiary/aromatic N) is 4. The minimum absolute atomic E-state index is 0.0136. The van der Waals surface area contributed by atoms with E-state index in [0.29, 0.717) is 35.3 Å². The van der Waals surface area contributed by atoms with Gasteiger partial charge in [0.15, 0.2) is 6.29 Å². The molecule has 6 aromatic rings. The summed E-state index contributed by atoms with van der Waals surface area (Å²) >= 11 is 1.54. The Labute approximate surface area is 305 Å². The Bertz CT molecular complexity index is 2080. The monoisotopic (exact) mass is 714 g/mol. The van der Waals surface area contributed by atoms with Gasteiger partial charge in [0.1, 0.15) is 11.5 Å². The van der Waals surface area contributed by atoms with Gasteiger partial charge in [-0.25, -0.2) is 9.48 Å². The van der Waals surface area contributed by atoms with Gasteiger partial charge < -0.3 is 30.0 Å². The normalized spacial score (nSPS) is 17.0. The van der Waals surface area contributed by atoms with Crippen LogP contribution in [0.25, 0.3) is 11.1 Å². The van der Waals surface area contributed by atoms with Crippen LogP contribution in [0.4, 0.5) is 10.5 Å². The SMILES string of the molecule is Cn1nnnc1SCC1CC(c2ccc(CO)cc2)OC(c2cccc(-c3cccc(CNC(=O)Nc4ccc(Oc5ccccc5)cc4)c3)c2)O1. The minimum Gasteiger partial charge on any atom is -0.457 e. The lowest BCUT2D eigenvalue weighted by molar-refractivity contribution is -0.245. The molecule has 3 atom stereocenters. The first-order chi connectivity index (χ1) is 25.5. The number of ether oxygens (including phenoxy) is 3. The fraction of sp³-hybridized carbons (Fsp3) is 0.200. The molecule has 1 aliphatic heterocycles. The van der Waals surface area contributed by atoms with Crippen LogP contribution in [-0.2, 0) is 29.7 Å². The number of hydrogen-bond acceptors (Lipinski definition) is 9. The maximum atomic E-state index is 12.7. The minimum atomic E-state index is -0.605. The molecule has 0 radical (unpaired) electrons. The van der Waals surface area contributed by atoms with Crippen molar-refractivity contribution < 1.29 is 24.1 Å². The zero-order valence-electron chi connectivity index (χ0n) is 28.5. The van der Waals surface area contributed by atoms with Gasteiger partial charge >= 0.3 is 6.03 Å². The number of anilines is 1. The van der Waals surface area contributed by atoms with Crippen LogP contribution in [0.5, 0.6) is 11.5 Å². The van der Waals surface area contributed by atoms with E-state index in [1.165, 1.54) is 0 Å². The van der Waals surface area contributed by atoms with Gasteiger partial charge in [-0.3, -0.25) is 0 Å². The number of thioether (sulfide) groups is 1. The second kappa shape index (κ2) is 16.7. The van der Waals surface area contributed by atoms with Crippen molar-refractivity contribution in [1.29, 1.82) is 0 Å². The molecule has 3 unspecified atom stereocenters. The van der Waals surface area contributed by atoms with Gasteiger partial charge in [-0.15, -0.1) is 5.10 Å². The summed E-state index contributed by atoms with van der Waals surface area (Å²) in [6.07, 6.45) is -0.289. The molecular weight excluding hydrogens is 677 g/mol. The highest BCUT2D eigenvalue weighted by atomic mass is 32.2. The number of hydrogen-bond donors (Lipinski definition) is 3. The maximum Gasteiger partial charge on any atom is 0.319 e. The second-order valence-electron chi connectivity index (χ2n) is 12.3. The zero-order valence-corrected chi connectivity index (χ0v) is 29.3. The Morgan fingerprint density at radius 1 is 0.846 bits per heavy atom. The van der Waals surface area contributed by atoms with E-state index in [1.54, 1.807) is 28.6 Å². The Hall–Kier alpha value is -5.53. The van der Waals surface area contributed by atoms with Crippen molar-refractivity contribution in [2.75, 3.05) is 11.1 Å². The number of urea groups is 1. The molecule has 5 aromatic carbocycles. The van der Waals surface area contributed by atoms with Crippen molar-refractivity contribution in [3.63, 3.8) is 0 Å². The number of para-hydroxylation sites is 1. The summed E-state index contributed by atoms with van der Waals surface area (Å²) in [6, 6.07) is 40.5. The number of tetrazole rings is 1. The van der Waals surface area contributed by atoms with E-state index >= 15 is 0 Å². The predicted octanol–water partition coefficient (Wildman–Crippen LogP) is 7.82. The molecule has 52 heavy (non-hydrogen) atoms. The number of carbonyl (C=O) groups is 1. The van der Waals surface area contributed by atoms with Gasteiger partial charge in [0, 0.05) is 37.0 Å². The van der Waals surface area contributed by atoms with Crippen LogP contribution in [0.3, 0.4) is 0 Å². The van der Waals surface area contributed by atoms with Crippen LogP contribution in [0.15, 0.2) is 133 Å². The Balaban J connectivity index is 1.00. The highest BCUT2D eigenvalue weighted by molar-refractivity contribution is 7.99. The second-order valence-corrected chi connectivity index (χ2v) is 13.3. The first-order valence-corrected chi connectivity index (χ1v) is 17.9. The van der Waals surface area contributed by atoms with E-state index < -0.39 is 6.29 Å². The van der Waals surface area contributed by atoms with Crippen molar-refractivity contribution in [2.24, 2.45) is 7.05 Å². The molecule has 0 aliphatic carbocycles. The molecule has 2 heterocycles. The first-order valence-electron chi connectivity index (χ1n) is 16.9. The van der Waals surface area contributed by atoms with Gasteiger partial charge in [-0.1, -0.05) is 90.6 Å². The topological polar surface area (TPSA) is 133 Å². The number of benzene rings is 5. The van der Waals surface area contributed by atoms with Crippen LogP contribution >= 0.6 is 11.8 Å². The van der Waals surface area contributed by atoms with Crippen LogP contribution in [0, 0.1) is 0 Å². The third-order valence-electron chi connectivity index (χ3n) is 8.56. The molecule has 0 spiro atoms. The van der Waals surface area contributed by atoms with E-state index in [-0.39, 0.29) is 24.8 Å². The number of aliphatic hydroxyl groups is 1. The Kier molecular flexibility index (Phi) is 11.2. The van der Waals surface area contributed by atoms with Crippen molar-refractivity contribution in [3.05, 3.63) is 150 Å². The molecule has 264 valence electrons. The largest absolute Gasteiger partial charge is 0.457 e. The standard InChI is InChI=1S/C40H38N6O5S/c1-46-40(43-44-45-46)52-26-36-23-37(29-15-13-27(25-47)14-16-29)51-38(50-36)32-10-6-9-31(22-32)30-8-5-7-28(21-30)24-41-39(48)42-33-17-19-35(20-18-33)49-34-11-3-2-4-12-34/h2-22,36-38,47H,23-26H2,1H3,(H2,41,42,48). The lowest BCUT2D eigenvalue weighted by atomic mass is 9.99. The summed E-state index contributed by atoms with van der Waals surface area (Å²) in [5.41, 5.74) is 6.38.